The molecule has 86 valence electrons. The molecule has 1 saturated heterocycles. The molecule has 0 bridgehead atoms. The maximum atomic E-state index is 12.9. The summed E-state index contributed by atoms with van der Waals surface area (Å²) < 4.78 is 18.2. The molecule has 1 aliphatic carbocycles. The summed E-state index contributed by atoms with van der Waals surface area (Å²) in [5, 5.41) is 0. The highest BCUT2D eigenvalue weighted by molar-refractivity contribution is 5.68. The van der Waals surface area contributed by atoms with Crippen LogP contribution in [0, 0.1) is 0 Å². The molecule has 0 spiro atoms. The number of carbonyl (C=O) groups is 1. The van der Waals surface area contributed by atoms with Gasteiger partial charge in [-0.1, -0.05) is 6.42 Å². The van der Waals surface area contributed by atoms with Crippen LogP contribution >= 0.6 is 0 Å². The Morgan fingerprint density at radius 2 is 1.93 bits per heavy atom. The average molecular weight is 215 g/mol. The van der Waals surface area contributed by atoms with Gasteiger partial charge in [-0.05, 0) is 32.1 Å². The molecule has 1 heterocycles. The topological polar surface area (TPSA) is 29.5 Å². The largest absolute Gasteiger partial charge is 0.446 e. The fourth-order valence-electron chi connectivity index (χ4n) is 2.28. The normalized spacial score (nSPS) is 28.1. The van der Waals surface area contributed by atoms with Crippen LogP contribution in [0.2, 0.25) is 0 Å². The highest BCUT2D eigenvalue weighted by Gasteiger charge is 2.28. The van der Waals surface area contributed by atoms with Gasteiger partial charge >= 0.3 is 6.09 Å². The minimum atomic E-state index is -0.857. The summed E-state index contributed by atoms with van der Waals surface area (Å²) >= 11 is 0. The Morgan fingerprint density at radius 3 is 2.53 bits per heavy atom. The standard InChI is InChI=1S/C11H18FNO2/c12-9-6-7-13(8-9)11(14)15-10-4-2-1-3-5-10/h9-10H,1-8H2/t9-/m1/s1. The Morgan fingerprint density at radius 1 is 1.20 bits per heavy atom. The van der Waals surface area contributed by atoms with Gasteiger partial charge in [-0.3, -0.25) is 0 Å². The molecule has 1 aliphatic heterocycles. The van der Waals surface area contributed by atoms with Crippen molar-refractivity contribution in [2.75, 3.05) is 13.1 Å². The monoisotopic (exact) mass is 215 g/mol. The van der Waals surface area contributed by atoms with Crippen LogP contribution in [-0.4, -0.2) is 36.4 Å². The van der Waals surface area contributed by atoms with E-state index in [0.717, 1.165) is 25.7 Å². The number of carbonyl (C=O) groups excluding carboxylic acids is 1. The van der Waals surface area contributed by atoms with Gasteiger partial charge in [-0.15, -0.1) is 0 Å². The van der Waals surface area contributed by atoms with Crippen LogP contribution in [0.15, 0.2) is 0 Å². The second kappa shape index (κ2) is 4.81. The van der Waals surface area contributed by atoms with Gasteiger partial charge in [0, 0.05) is 6.54 Å². The van der Waals surface area contributed by atoms with Crippen LogP contribution in [0.1, 0.15) is 38.5 Å². The Labute approximate surface area is 89.6 Å². The Bertz CT molecular complexity index is 229. The molecule has 0 aromatic rings. The summed E-state index contributed by atoms with van der Waals surface area (Å²) in [5.41, 5.74) is 0. The Kier molecular flexibility index (Phi) is 3.44. The average Bonchev–Trinajstić information content (AvgIpc) is 2.66. The SMILES string of the molecule is O=C(OC1CCCCC1)N1CC[C@@H](F)C1. The van der Waals surface area contributed by atoms with E-state index >= 15 is 0 Å². The van der Waals surface area contributed by atoms with Crippen molar-refractivity contribution in [3.05, 3.63) is 0 Å². The van der Waals surface area contributed by atoms with Crippen LogP contribution in [0.3, 0.4) is 0 Å². The maximum absolute atomic E-state index is 12.9. The Hall–Kier alpha value is -0.800. The third kappa shape index (κ3) is 2.83. The van der Waals surface area contributed by atoms with E-state index in [-0.39, 0.29) is 18.7 Å². The lowest BCUT2D eigenvalue weighted by atomic mass is 9.98. The third-order valence-electron chi connectivity index (χ3n) is 3.21. The molecule has 1 saturated carbocycles. The molecule has 1 atom stereocenters. The van der Waals surface area contributed by atoms with E-state index in [1.807, 2.05) is 0 Å². The molecule has 4 heteroatoms. The van der Waals surface area contributed by atoms with Gasteiger partial charge < -0.3 is 9.64 Å². The number of hydrogen-bond acceptors (Lipinski definition) is 2. The van der Waals surface area contributed by atoms with Gasteiger partial charge in [0.1, 0.15) is 12.3 Å². The number of likely N-dealkylation sites (tertiary alicyclic amines) is 1. The maximum Gasteiger partial charge on any atom is 0.410 e. The summed E-state index contributed by atoms with van der Waals surface area (Å²) in [6, 6.07) is 0. The van der Waals surface area contributed by atoms with Crippen molar-refractivity contribution in [3.8, 4) is 0 Å². The first-order valence-electron chi connectivity index (χ1n) is 5.85. The number of rotatable bonds is 1. The molecule has 3 nitrogen and oxygen atoms in total. The fourth-order valence-corrected chi connectivity index (χ4v) is 2.28. The molecule has 0 unspecified atom stereocenters. The quantitative estimate of drug-likeness (QED) is 0.672. The van der Waals surface area contributed by atoms with E-state index in [4.69, 9.17) is 4.74 Å². The number of halogens is 1. The zero-order chi connectivity index (χ0) is 10.7. The predicted octanol–water partition coefficient (Wildman–Crippen LogP) is 2.50. The number of amides is 1. The molecule has 0 aromatic heterocycles. The Balaban J connectivity index is 1.76. The molecule has 0 N–H and O–H groups in total. The number of ether oxygens (including phenoxy) is 1. The summed E-state index contributed by atoms with van der Waals surface area (Å²) in [6.45, 7) is 0.721. The first kappa shape index (κ1) is 10.7. The van der Waals surface area contributed by atoms with Gasteiger partial charge in [0.05, 0.1) is 6.54 Å². The van der Waals surface area contributed by atoms with E-state index < -0.39 is 6.17 Å². The minimum absolute atomic E-state index is 0.0740. The molecule has 2 aliphatic rings. The van der Waals surface area contributed by atoms with E-state index in [1.54, 1.807) is 0 Å². The highest BCUT2D eigenvalue weighted by atomic mass is 19.1. The van der Waals surface area contributed by atoms with Crippen molar-refractivity contribution < 1.29 is 13.9 Å². The number of nitrogens with zero attached hydrogens (tertiary/aromatic N) is 1. The van der Waals surface area contributed by atoms with Crippen molar-refractivity contribution in [1.29, 1.82) is 0 Å². The molecule has 0 aromatic carbocycles. The van der Waals surface area contributed by atoms with Crippen LogP contribution in [0.25, 0.3) is 0 Å². The number of alkyl halides is 1. The lowest BCUT2D eigenvalue weighted by Gasteiger charge is -2.24. The van der Waals surface area contributed by atoms with Crippen molar-refractivity contribution in [3.63, 3.8) is 0 Å². The summed E-state index contributed by atoms with van der Waals surface area (Å²) in [7, 11) is 0. The lowest BCUT2D eigenvalue weighted by molar-refractivity contribution is 0.0496. The summed E-state index contributed by atoms with van der Waals surface area (Å²) in [6.07, 6.45) is 4.82. The predicted molar refractivity (Wildman–Crippen MR) is 54.4 cm³/mol. The van der Waals surface area contributed by atoms with Gasteiger partial charge in [0.15, 0.2) is 0 Å². The fraction of sp³-hybridized carbons (Fsp3) is 0.909. The van der Waals surface area contributed by atoms with Crippen LogP contribution in [-0.2, 0) is 4.74 Å². The molecule has 1 amide bonds. The van der Waals surface area contributed by atoms with E-state index in [0.29, 0.717) is 13.0 Å². The second-order valence-electron chi connectivity index (χ2n) is 4.48. The van der Waals surface area contributed by atoms with E-state index in [1.165, 1.54) is 11.3 Å². The zero-order valence-electron chi connectivity index (χ0n) is 8.95. The molecule has 15 heavy (non-hydrogen) atoms. The van der Waals surface area contributed by atoms with Crippen molar-refractivity contribution in [1.82, 2.24) is 4.90 Å². The van der Waals surface area contributed by atoms with Crippen LogP contribution in [0.5, 0.6) is 0 Å². The van der Waals surface area contributed by atoms with Gasteiger partial charge in [-0.25, -0.2) is 9.18 Å². The first-order chi connectivity index (χ1) is 7.25. The lowest BCUT2D eigenvalue weighted by Crippen LogP contribution is -2.33. The van der Waals surface area contributed by atoms with Gasteiger partial charge in [-0.2, -0.15) is 0 Å². The smallest absolute Gasteiger partial charge is 0.410 e. The molecular formula is C11H18FNO2. The third-order valence-corrected chi connectivity index (χ3v) is 3.21. The highest BCUT2D eigenvalue weighted by Crippen LogP contribution is 2.22. The van der Waals surface area contributed by atoms with Crippen molar-refractivity contribution in [2.45, 2.75) is 50.8 Å². The molecular weight excluding hydrogens is 197 g/mol. The zero-order valence-corrected chi connectivity index (χ0v) is 8.95. The van der Waals surface area contributed by atoms with E-state index in [2.05, 4.69) is 0 Å². The molecule has 2 fully saturated rings. The van der Waals surface area contributed by atoms with Crippen molar-refractivity contribution in [2.24, 2.45) is 0 Å². The molecule has 2 rings (SSSR count). The molecule has 0 radical (unpaired) electrons. The van der Waals surface area contributed by atoms with Crippen molar-refractivity contribution >= 4 is 6.09 Å². The van der Waals surface area contributed by atoms with Gasteiger partial charge in [0.2, 0.25) is 0 Å². The van der Waals surface area contributed by atoms with Gasteiger partial charge in [0.25, 0.3) is 0 Å². The van der Waals surface area contributed by atoms with Crippen LogP contribution < -0.4 is 0 Å². The summed E-state index contributed by atoms with van der Waals surface area (Å²) in [4.78, 5) is 13.1. The first-order valence-corrected chi connectivity index (χ1v) is 5.85. The van der Waals surface area contributed by atoms with E-state index in [9.17, 15) is 9.18 Å². The second-order valence-corrected chi connectivity index (χ2v) is 4.48. The number of hydrogen-bond donors (Lipinski definition) is 0. The minimum Gasteiger partial charge on any atom is -0.446 e. The summed E-state index contributed by atoms with van der Waals surface area (Å²) in [5.74, 6) is 0. The van der Waals surface area contributed by atoms with Crippen LogP contribution in [0.4, 0.5) is 9.18 Å².